The predicted octanol–water partition coefficient (Wildman–Crippen LogP) is -1.61. The minimum absolute atomic E-state index is 0.0888. The molecule has 2 heterocycles. The van der Waals surface area contributed by atoms with E-state index >= 15 is 0 Å². The van der Waals surface area contributed by atoms with Gasteiger partial charge >= 0.3 is 29.2 Å². The van der Waals surface area contributed by atoms with Gasteiger partial charge in [0.25, 0.3) is 0 Å². The van der Waals surface area contributed by atoms with Crippen LogP contribution in [-0.2, 0) is 31.6 Å². The fraction of sp³-hybridized carbons (Fsp3) is 0.556. The summed E-state index contributed by atoms with van der Waals surface area (Å²) in [4.78, 5) is 50.8. The van der Waals surface area contributed by atoms with Crippen LogP contribution in [0.4, 0.5) is 5.82 Å². The van der Waals surface area contributed by atoms with E-state index in [0.717, 1.165) is 4.57 Å². The summed E-state index contributed by atoms with van der Waals surface area (Å²) in [6.07, 6.45) is -5.35. The number of phosphoric ester groups is 1. The molecule has 1 aromatic heterocycles. The topological polar surface area (TPSA) is 270 Å². The molecule has 8 N–H and O–H groups in total. The summed E-state index contributed by atoms with van der Waals surface area (Å²) >= 11 is 1.74. The van der Waals surface area contributed by atoms with E-state index in [9.17, 15) is 33.6 Å². The summed E-state index contributed by atoms with van der Waals surface area (Å²) in [7, 11) is -16.7. The van der Waals surface area contributed by atoms with Crippen molar-refractivity contribution in [3.63, 3.8) is 0 Å². The summed E-state index contributed by atoms with van der Waals surface area (Å²) < 4.78 is 51.3. The van der Waals surface area contributed by atoms with Crippen molar-refractivity contribution in [2.24, 2.45) is 0 Å². The fourth-order valence-corrected chi connectivity index (χ4v) is 5.66. The molecule has 6 atom stereocenters. The van der Waals surface area contributed by atoms with Crippen molar-refractivity contribution in [2.75, 3.05) is 12.3 Å². The van der Waals surface area contributed by atoms with Gasteiger partial charge in [0.1, 0.15) is 24.1 Å². The number of halogens is 1. The monoisotopic (exact) mass is 609 g/mol. The molecule has 17 nitrogen and oxygen atoms in total. The van der Waals surface area contributed by atoms with E-state index in [2.05, 4.69) is 18.1 Å². The Balaban J connectivity index is 2.09. The van der Waals surface area contributed by atoms with Crippen molar-refractivity contribution in [1.29, 1.82) is 0 Å². The maximum atomic E-state index is 11.9. The van der Waals surface area contributed by atoms with E-state index in [0.29, 0.717) is 3.57 Å². The number of aliphatic hydroxyl groups is 2. The summed E-state index contributed by atoms with van der Waals surface area (Å²) in [6, 6.07) is 0. The van der Waals surface area contributed by atoms with Gasteiger partial charge < -0.3 is 40.3 Å². The first-order valence-electron chi connectivity index (χ1n) is 7.35. The lowest BCUT2D eigenvalue weighted by Crippen LogP contribution is -2.36. The number of hydrogen-bond donors (Lipinski definition) is 7. The zero-order valence-electron chi connectivity index (χ0n) is 14.2. The number of anilines is 1. The number of nitrogens with two attached hydrogens (primary N) is 1. The van der Waals surface area contributed by atoms with Gasteiger partial charge in [-0.2, -0.15) is 13.6 Å². The number of ether oxygens (including phenoxy) is 1. The molecule has 0 bridgehead atoms. The first-order chi connectivity index (χ1) is 13.5. The summed E-state index contributed by atoms with van der Waals surface area (Å²) in [6.45, 7) is -1.02. The van der Waals surface area contributed by atoms with Gasteiger partial charge in [0.15, 0.2) is 6.23 Å². The maximum Gasteiger partial charge on any atom is 0.490 e. The summed E-state index contributed by atoms with van der Waals surface area (Å²) in [5.41, 5.74) is 4.55. The highest BCUT2D eigenvalue weighted by atomic mass is 127. The van der Waals surface area contributed by atoms with Crippen molar-refractivity contribution in [3.8, 4) is 0 Å². The van der Waals surface area contributed by atoms with Crippen LogP contribution in [0.25, 0.3) is 0 Å². The highest BCUT2D eigenvalue weighted by Crippen LogP contribution is 2.66. The van der Waals surface area contributed by atoms with Crippen LogP contribution in [-0.4, -0.2) is 64.3 Å². The van der Waals surface area contributed by atoms with Crippen LogP contribution in [0.15, 0.2) is 11.0 Å². The minimum Gasteiger partial charge on any atom is -0.387 e. The van der Waals surface area contributed by atoms with E-state index in [-0.39, 0.29) is 5.82 Å². The standard InChI is InChI=1S/C9H15IN3O14P3/c10-3-1-13(9(16)12-7(3)11)8-6(15)5(14)4(25-8)2-24-29(20,21)27-30(22,23)26-28(17,18)19/h1,4-6,8,14-15H,2H2,(H,20,21)(H,22,23)(H2,11,12,16)(H2,17,18,19)/t4-,5-,6-,8-/m1/s1. The third-order valence-electron chi connectivity index (χ3n) is 3.36. The van der Waals surface area contributed by atoms with Gasteiger partial charge in [0.2, 0.25) is 0 Å². The zero-order chi connectivity index (χ0) is 23.1. The first kappa shape index (κ1) is 26.0. The Morgan fingerprint density at radius 3 is 2.30 bits per heavy atom. The molecule has 30 heavy (non-hydrogen) atoms. The van der Waals surface area contributed by atoms with Crippen molar-refractivity contribution >= 4 is 51.9 Å². The summed E-state index contributed by atoms with van der Waals surface area (Å²) in [5, 5.41) is 20.1. The molecule has 2 rings (SSSR count). The van der Waals surface area contributed by atoms with Crippen LogP contribution in [0, 0.1) is 3.57 Å². The van der Waals surface area contributed by atoms with Gasteiger partial charge in [0.05, 0.1) is 10.2 Å². The van der Waals surface area contributed by atoms with Gasteiger partial charge in [-0.05, 0) is 22.6 Å². The lowest BCUT2D eigenvalue weighted by atomic mass is 10.1. The average molecular weight is 609 g/mol. The van der Waals surface area contributed by atoms with Crippen molar-refractivity contribution in [1.82, 2.24) is 9.55 Å². The Hall–Kier alpha value is -0.300. The van der Waals surface area contributed by atoms with Gasteiger partial charge in [-0.25, -0.2) is 18.5 Å². The Labute approximate surface area is 180 Å². The Morgan fingerprint density at radius 1 is 1.13 bits per heavy atom. The Bertz CT molecular complexity index is 997. The number of hydrogen-bond acceptors (Lipinski definition) is 12. The Morgan fingerprint density at radius 2 is 1.73 bits per heavy atom. The molecule has 0 amide bonds. The molecule has 1 aromatic rings. The molecular weight excluding hydrogens is 594 g/mol. The molecule has 1 aliphatic heterocycles. The number of rotatable bonds is 8. The number of nitrogen functional groups attached to an aromatic ring is 1. The lowest BCUT2D eigenvalue weighted by molar-refractivity contribution is -0.0542. The highest BCUT2D eigenvalue weighted by molar-refractivity contribution is 14.1. The molecule has 1 saturated heterocycles. The lowest BCUT2D eigenvalue weighted by Gasteiger charge is -2.19. The largest absolute Gasteiger partial charge is 0.490 e. The van der Waals surface area contributed by atoms with Gasteiger partial charge in [0, 0.05) is 6.20 Å². The second kappa shape index (κ2) is 9.29. The van der Waals surface area contributed by atoms with Gasteiger partial charge in [-0.15, -0.1) is 0 Å². The number of aromatic nitrogens is 2. The minimum atomic E-state index is -5.72. The van der Waals surface area contributed by atoms with E-state index in [1.165, 1.54) is 6.20 Å². The van der Waals surface area contributed by atoms with Crippen LogP contribution in [0.5, 0.6) is 0 Å². The van der Waals surface area contributed by atoms with Crippen LogP contribution in [0.3, 0.4) is 0 Å². The third kappa shape index (κ3) is 6.85. The molecule has 0 aliphatic carbocycles. The molecule has 0 spiro atoms. The molecular formula is C9H15IN3O14P3. The predicted molar refractivity (Wildman–Crippen MR) is 101 cm³/mol. The molecule has 0 aromatic carbocycles. The summed E-state index contributed by atoms with van der Waals surface area (Å²) in [5.74, 6) is -0.0888. The van der Waals surface area contributed by atoms with E-state index in [1.807, 2.05) is 0 Å². The van der Waals surface area contributed by atoms with Crippen molar-refractivity contribution < 1.29 is 61.4 Å². The second-order valence-corrected chi connectivity index (χ2v) is 11.2. The van der Waals surface area contributed by atoms with Crippen molar-refractivity contribution in [3.05, 3.63) is 20.3 Å². The molecule has 1 fully saturated rings. The number of aliphatic hydroxyl groups excluding tert-OH is 2. The number of phosphoric acid groups is 3. The van der Waals surface area contributed by atoms with E-state index < -0.39 is 60.3 Å². The van der Waals surface area contributed by atoms with Crippen LogP contribution in [0.2, 0.25) is 0 Å². The highest BCUT2D eigenvalue weighted by Gasteiger charge is 2.46. The quantitative estimate of drug-likeness (QED) is 0.129. The van der Waals surface area contributed by atoms with E-state index in [4.69, 9.17) is 25.2 Å². The first-order valence-corrected chi connectivity index (χ1v) is 13.0. The average Bonchev–Trinajstić information content (AvgIpc) is 2.81. The third-order valence-corrected chi connectivity index (χ3v) is 8.00. The van der Waals surface area contributed by atoms with E-state index in [1.54, 1.807) is 22.6 Å². The van der Waals surface area contributed by atoms with Crippen molar-refractivity contribution in [2.45, 2.75) is 24.5 Å². The molecule has 2 unspecified atom stereocenters. The SMILES string of the molecule is Nc1nc(=O)n([C@@H]2O[C@H](COP(=O)(O)OP(=O)(O)OP(=O)(O)O)[C@@H](O)[C@H]2O)cc1I. The normalized spacial score (nSPS) is 28.8. The van der Waals surface area contributed by atoms with Crippen LogP contribution >= 0.6 is 46.1 Å². The number of nitrogens with zero attached hydrogens (tertiary/aromatic N) is 2. The van der Waals surface area contributed by atoms with Gasteiger partial charge in [-0.3, -0.25) is 9.09 Å². The van der Waals surface area contributed by atoms with Crippen LogP contribution in [0.1, 0.15) is 6.23 Å². The molecule has 0 saturated carbocycles. The van der Waals surface area contributed by atoms with Gasteiger partial charge in [-0.1, -0.05) is 0 Å². The molecule has 21 heteroatoms. The second-order valence-electron chi connectivity index (χ2n) is 5.60. The molecule has 0 radical (unpaired) electrons. The molecule has 1 aliphatic rings. The zero-order valence-corrected chi connectivity index (χ0v) is 19.1. The van der Waals surface area contributed by atoms with Crippen LogP contribution < -0.4 is 11.4 Å². The maximum absolute atomic E-state index is 11.9. The Kier molecular flexibility index (Phi) is 8.03. The molecule has 172 valence electrons. The fourth-order valence-electron chi connectivity index (χ4n) is 2.21. The smallest absolute Gasteiger partial charge is 0.387 e.